The summed E-state index contributed by atoms with van der Waals surface area (Å²) in [7, 11) is -2.83. The van der Waals surface area contributed by atoms with E-state index >= 15 is 0 Å². The lowest BCUT2D eigenvalue weighted by Gasteiger charge is -2.51. The molecule has 3 heterocycles. The summed E-state index contributed by atoms with van der Waals surface area (Å²) in [4.78, 5) is 2.29. The van der Waals surface area contributed by atoms with Gasteiger partial charge in [-0.3, -0.25) is 0 Å². The van der Waals surface area contributed by atoms with Gasteiger partial charge >= 0.3 is 0 Å². The number of benzene rings is 9. The second kappa shape index (κ2) is 13.1. The Morgan fingerprint density at radius 2 is 0.780 bits per heavy atom. The largest absolute Gasteiger partial charge is 0.457 e. The van der Waals surface area contributed by atoms with Gasteiger partial charge < -0.3 is 14.4 Å². The van der Waals surface area contributed by atoms with Gasteiger partial charge in [-0.1, -0.05) is 170 Å². The fourth-order valence-corrected chi connectivity index (χ4v) is 15.6. The van der Waals surface area contributed by atoms with Crippen molar-refractivity contribution in [3.8, 4) is 34.1 Å². The quantitative estimate of drug-likeness (QED) is 0.166. The summed E-state index contributed by atoms with van der Waals surface area (Å²) in [5.41, 5.74) is 9.67. The molecule has 278 valence electrons. The minimum absolute atomic E-state index is 0.644. The predicted octanol–water partition coefficient (Wildman–Crippen LogP) is 11.1. The number of rotatable bonds is 4. The minimum atomic E-state index is -2.83. The second-order valence-electron chi connectivity index (χ2n) is 15.6. The highest BCUT2D eigenvalue weighted by molar-refractivity contribution is 7.20. The fraction of sp³-hybridized carbons (Fsp3) is 0.0182. The average Bonchev–Trinajstić information content (AvgIpc) is 3.31. The van der Waals surface area contributed by atoms with E-state index in [9.17, 15) is 0 Å². The van der Waals surface area contributed by atoms with Crippen molar-refractivity contribution in [2.75, 3.05) is 4.90 Å². The molecule has 3 aliphatic rings. The lowest BCUT2D eigenvalue weighted by atomic mass is 9.63. The molecular formula is C55H37NO2Si. The van der Waals surface area contributed by atoms with Crippen molar-refractivity contribution in [3.05, 3.63) is 247 Å². The van der Waals surface area contributed by atoms with Crippen LogP contribution < -0.4 is 35.1 Å². The summed E-state index contributed by atoms with van der Waals surface area (Å²) in [5.74, 6) is 3.45. The standard InChI is InChI=1S/C55H37NO2Si/c1-3-17-41(18-4-1)59(42-19-5-2-6-20-42)53-29-15-8-22-44(53)55(45-23-9-16-30-54(45)59)43-21-7-12-26-49(43)57-50-36-33-39(37-46(50)55)38-31-34-40(35-32-38)56-47-24-10-13-27-51(47)58-52-28-14-11-25-48(52)56/h1-37H. The van der Waals surface area contributed by atoms with Gasteiger partial charge in [0.25, 0.3) is 0 Å². The first kappa shape index (κ1) is 33.7. The number of nitrogens with zero attached hydrogens (tertiary/aromatic N) is 1. The van der Waals surface area contributed by atoms with Crippen molar-refractivity contribution in [2.45, 2.75) is 5.41 Å². The third kappa shape index (κ3) is 4.75. The highest BCUT2D eigenvalue weighted by Gasteiger charge is 2.57. The van der Waals surface area contributed by atoms with Gasteiger partial charge in [0.1, 0.15) is 11.5 Å². The molecule has 9 aromatic rings. The molecule has 0 unspecified atom stereocenters. The zero-order chi connectivity index (χ0) is 39.0. The monoisotopic (exact) mass is 771 g/mol. The van der Waals surface area contributed by atoms with E-state index in [-0.39, 0.29) is 0 Å². The Labute approximate surface area is 345 Å². The number of para-hydroxylation sites is 5. The van der Waals surface area contributed by atoms with Crippen molar-refractivity contribution in [2.24, 2.45) is 0 Å². The highest BCUT2D eigenvalue weighted by atomic mass is 28.3. The van der Waals surface area contributed by atoms with Crippen LogP contribution >= 0.6 is 0 Å². The highest BCUT2D eigenvalue weighted by Crippen LogP contribution is 2.57. The molecular weight excluding hydrogens is 735 g/mol. The van der Waals surface area contributed by atoms with E-state index in [2.05, 4.69) is 205 Å². The number of fused-ring (bicyclic) bond motifs is 10. The molecule has 3 aliphatic heterocycles. The molecule has 3 nitrogen and oxygen atoms in total. The molecule has 1 spiro atoms. The van der Waals surface area contributed by atoms with Crippen molar-refractivity contribution in [1.82, 2.24) is 0 Å². The Hall–Kier alpha value is -7.40. The van der Waals surface area contributed by atoms with Gasteiger partial charge in [0, 0.05) is 16.8 Å². The predicted molar refractivity (Wildman–Crippen MR) is 242 cm³/mol. The Morgan fingerprint density at radius 3 is 1.37 bits per heavy atom. The molecule has 12 rings (SSSR count). The number of hydrogen-bond acceptors (Lipinski definition) is 3. The minimum Gasteiger partial charge on any atom is -0.457 e. The van der Waals surface area contributed by atoms with Gasteiger partial charge in [0.15, 0.2) is 19.6 Å². The van der Waals surface area contributed by atoms with Crippen molar-refractivity contribution < 1.29 is 9.47 Å². The first-order valence-corrected chi connectivity index (χ1v) is 22.3. The van der Waals surface area contributed by atoms with E-state index in [4.69, 9.17) is 9.47 Å². The van der Waals surface area contributed by atoms with Gasteiger partial charge in [-0.15, -0.1) is 0 Å². The van der Waals surface area contributed by atoms with Crippen LogP contribution in [0.25, 0.3) is 11.1 Å². The third-order valence-electron chi connectivity index (χ3n) is 12.7. The summed E-state index contributed by atoms with van der Waals surface area (Å²) in [5, 5.41) is 5.56. The Bertz CT molecular complexity index is 2930. The molecule has 0 aromatic heterocycles. The van der Waals surface area contributed by atoms with Gasteiger partial charge in [-0.25, -0.2) is 0 Å². The van der Waals surface area contributed by atoms with E-state index in [0.717, 1.165) is 62.3 Å². The number of hydrogen-bond donors (Lipinski definition) is 0. The first-order chi connectivity index (χ1) is 29.3. The van der Waals surface area contributed by atoms with E-state index in [0.29, 0.717) is 0 Å². The van der Waals surface area contributed by atoms with E-state index in [1.54, 1.807) is 0 Å². The molecule has 0 saturated heterocycles. The molecule has 0 amide bonds. The molecule has 0 N–H and O–H groups in total. The van der Waals surface area contributed by atoms with Crippen LogP contribution in [0.4, 0.5) is 17.1 Å². The number of ether oxygens (including phenoxy) is 2. The van der Waals surface area contributed by atoms with Crippen LogP contribution in [0, 0.1) is 0 Å². The molecule has 9 aromatic carbocycles. The summed E-state index contributed by atoms with van der Waals surface area (Å²) in [6, 6.07) is 81.9. The van der Waals surface area contributed by atoms with Crippen LogP contribution in [0.5, 0.6) is 23.0 Å². The van der Waals surface area contributed by atoms with Gasteiger partial charge in [-0.2, -0.15) is 0 Å². The summed E-state index contributed by atoms with van der Waals surface area (Å²) in [6.45, 7) is 0. The van der Waals surface area contributed by atoms with Crippen molar-refractivity contribution >= 4 is 45.9 Å². The number of anilines is 3. The zero-order valence-corrected chi connectivity index (χ0v) is 33.1. The summed E-state index contributed by atoms with van der Waals surface area (Å²) in [6.07, 6.45) is 0. The molecule has 0 saturated carbocycles. The van der Waals surface area contributed by atoms with Gasteiger partial charge in [0.05, 0.1) is 16.8 Å². The maximum absolute atomic E-state index is 6.91. The zero-order valence-electron chi connectivity index (χ0n) is 32.1. The van der Waals surface area contributed by atoms with E-state index in [1.807, 2.05) is 24.3 Å². The summed E-state index contributed by atoms with van der Waals surface area (Å²) < 4.78 is 13.2. The van der Waals surface area contributed by atoms with Crippen molar-refractivity contribution in [1.29, 1.82) is 0 Å². The Kier molecular flexibility index (Phi) is 7.47. The average molecular weight is 772 g/mol. The van der Waals surface area contributed by atoms with Crippen LogP contribution in [0.2, 0.25) is 0 Å². The lowest BCUT2D eigenvalue weighted by Crippen LogP contribution is -2.79. The maximum Gasteiger partial charge on any atom is 0.180 e. The van der Waals surface area contributed by atoms with Crippen LogP contribution in [-0.2, 0) is 5.41 Å². The van der Waals surface area contributed by atoms with E-state index < -0.39 is 13.5 Å². The lowest BCUT2D eigenvalue weighted by molar-refractivity contribution is 0.435. The fourth-order valence-electron chi connectivity index (χ4n) is 10.3. The SMILES string of the molecule is c1ccc([Si]2(c3ccccc3)c3ccccc3C3(c4ccccc4Oc4ccc(-c5ccc(N6c7ccccc7Oc7ccccc76)cc5)cc43)c3ccccc32)cc1. The molecule has 4 heteroatoms. The first-order valence-electron chi connectivity index (χ1n) is 20.3. The van der Waals surface area contributed by atoms with Crippen LogP contribution in [0.15, 0.2) is 224 Å². The molecule has 0 fully saturated rings. The van der Waals surface area contributed by atoms with Gasteiger partial charge in [-0.05, 0) is 97.6 Å². The molecule has 0 aliphatic carbocycles. The third-order valence-corrected chi connectivity index (χ3v) is 17.6. The van der Waals surface area contributed by atoms with Crippen LogP contribution in [-0.4, -0.2) is 8.07 Å². The van der Waals surface area contributed by atoms with Crippen molar-refractivity contribution in [3.63, 3.8) is 0 Å². The Balaban J connectivity index is 1.09. The van der Waals surface area contributed by atoms with Crippen LogP contribution in [0.3, 0.4) is 0 Å². The second-order valence-corrected chi connectivity index (χ2v) is 19.3. The Morgan fingerprint density at radius 1 is 0.339 bits per heavy atom. The smallest absolute Gasteiger partial charge is 0.180 e. The molecule has 0 radical (unpaired) electrons. The van der Waals surface area contributed by atoms with Crippen LogP contribution in [0.1, 0.15) is 22.3 Å². The maximum atomic E-state index is 6.91. The normalized spacial score (nSPS) is 14.6. The van der Waals surface area contributed by atoms with E-state index in [1.165, 1.54) is 31.9 Å². The summed E-state index contributed by atoms with van der Waals surface area (Å²) >= 11 is 0. The molecule has 0 atom stereocenters. The molecule has 0 bridgehead atoms. The van der Waals surface area contributed by atoms with Gasteiger partial charge in [0.2, 0.25) is 0 Å². The topological polar surface area (TPSA) is 21.7 Å². The molecule has 59 heavy (non-hydrogen) atoms.